The van der Waals surface area contributed by atoms with Gasteiger partial charge in [-0.3, -0.25) is 0 Å². The third-order valence-corrected chi connectivity index (χ3v) is 2.37. The number of methoxy groups -OCH3 is 1. The van der Waals surface area contributed by atoms with Gasteiger partial charge in [0, 0.05) is 11.4 Å². The van der Waals surface area contributed by atoms with Crippen molar-refractivity contribution in [2.24, 2.45) is 0 Å². The van der Waals surface area contributed by atoms with E-state index in [1.807, 2.05) is 13.0 Å². The van der Waals surface area contributed by atoms with Crippen molar-refractivity contribution in [3.05, 3.63) is 23.0 Å². The van der Waals surface area contributed by atoms with Crippen molar-refractivity contribution in [2.75, 3.05) is 7.11 Å². The number of rotatable bonds is 2. The van der Waals surface area contributed by atoms with E-state index in [4.69, 9.17) is 4.74 Å². The molecule has 0 amide bonds. The van der Waals surface area contributed by atoms with Crippen LogP contribution in [-0.2, 0) is 4.74 Å². The molecule has 0 bridgehead atoms. The number of carbonyl (C=O) groups excluding carboxylic acids is 1. The van der Waals surface area contributed by atoms with E-state index < -0.39 is 0 Å². The lowest BCUT2D eigenvalue weighted by molar-refractivity contribution is 0.0599. The van der Waals surface area contributed by atoms with E-state index in [0.29, 0.717) is 11.5 Å². The van der Waals surface area contributed by atoms with Crippen molar-refractivity contribution in [1.82, 2.24) is 4.98 Å². The Bertz CT molecular complexity index is 337. The summed E-state index contributed by atoms with van der Waals surface area (Å²) >= 11 is 0. The van der Waals surface area contributed by atoms with Crippen molar-refractivity contribution in [1.29, 1.82) is 0 Å². The number of ether oxygens (including phenoxy) is 1. The van der Waals surface area contributed by atoms with Crippen molar-refractivity contribution in [2.45, 2.75) is 25.7 Å². The summed E-state index contributed by atoms with van der Waals surface area (Å²) in [6, 6.07) is 1.86. The maximum atomic E-state index is 11.3. The lowest BCUT2D eigenvalue weighted by Gasteiger charge is -1.99. The topological polar surface area (TPSA) is 42.1 Å². The summed E-state index contributed by atoms with van der Waals surface area (Å²) in [4.78, 5) is 14.6. The van der Waals surface area contributed by atoms with Gasteiger partial charge in [0.15, 0.2) is 0 Å². The molecule has 0 radical (unpaired) electrons. The minimum atomic E-state index is -0.230. The quantitative estimate of drug-likeness (QED) is 0.705. The van der Waals surface area contributed by atoms with Gasteiger partial charge < -0.3 is 9.72 Å². The Hall–Kier alpha value is -1.25. The zero-order valence-corrected chi connectivity index (χ0v) is 7.89. The van der Waals surface area contributed by atoms with Crippen LogP contribution in [0.3, 0.4) is 0 Å². The predicted molar refractivity (Wildman–Crippen MR) is 48.8 cm³/mol. The molecule has 1 heterocycles. The lowest BCUT2D eigenvalue weighted by Crippen LogP contribution is -2.02. The van der Waals surface area contributed by atoms with Crippen LogP contribution in [0.2, 0.25) is 0 Å². The number of aromatic nitrogens is 1. The fraction of sp³-hybridized carbons (Fsp3) is 0.500. The van der Waals surface area contributed by atoms with Crippen LogP contribution in [-0.4, -0.2) is 18.1 Å². The number of hydrogen-bond donors (Lipinski definition) is 1. The second-order valence-corrected chi connectivity index (χ2v) is 3.55. The minimum Gasteiger partial charge on any atom is -0.465 e. The summed E-state index contributed by atoms with van der Waals surface area (Å²) in [6.45, 7) is 1.96. The minimum absolute atomic E-state index is 0.230. The molecule has 1 fully saturated rings. The number of hydrogen-bond acceptors (Lipinski definition) is 2. The SMILES string of the molecule is COC(=O)c1cc(C)[nH]c1C1CC1. The third-order valence-electron chi connectivity index (χ3n) is 2.37. The number of aromatic amines is 1. The summed E-state index contributed by atoms with van der Waals surface area (Å²) in [5, 5.41) is 0. The zero-order valence-electron chi connectivity index (χ0n) is 7.89. The average Bonchev–Trinajstić information content (AvgIpc) is 2.89. The molecular weight excluding hydrogens is 166 g/mol. The van der Waals surface area contributed by atoms with Gasteiger partial charge in [-0.25, -0.2) is 4.79 Å². The van der Waals surface area contributed by atoms with Crippen molar-refractivity contribution < 1.29 is 9.53 Å². The molecule has 70 valence electrons. The van der Waals surface area contributed by atoms with Gasteiger partial charge in [0.05, 0.1) is 12.7 Å². The number of carbonyl (C=O) groups is 1. The smallest absolute Gasteiger partial charge is 0.339 e. The van der Waals surface area contributed by atoms with Crippen LogP contribution in [0.1, 0.15) is 40.5 Å². The molecule has 13 heavy (non-hydrogen) atoms. The summed E-state index contributed by atoms with van der Waals surface area (Å²) < 4.78 is 4.71. The highest BCUT2D eigenvalue weighted by molar-refractivity contribution is 5.91. The van der Waals surface area contributed by atoms with Gasteiger partial charge in [0.25, 0.3) is 0 Å². The molecule has 1 aromatic heterocycles. The molecule has 0 unspecified atom stereocenters. The van der Waals surface area contributed by atoms with Crippen LogP contribution in [0.4, 0.5) is 0 Å². The van der Waals surface area contributed by atoms with Gasteiger partial charge in [-0.15, -0.1) is 0 Å². The summed E-state index contributed by atoms with van der Waals surface area (Å²) in [5.41, 5.74) is 2.80. The van der Waals surface area contributed by atoms with Gasteiger partial charge in [0.2, 0.25) is 0 Å². The third kappa shape index (κ3) is 1.46. The average molecular weight is 179 g/mol. The molecular formula is C10H13NO2. The van der Waals surface area contributed by atoms with E-state index >= 15 is 0 Å². The second kappa shape index (κ2) is 2.91. The molecule has 1 aromatic rings. The molecule has 1 N–H and O–H groups in total. The van der Waals surface area contributed by atoms with Gasteiger partial charge in [0.1, 0.15) is 0 Å². The normalized spacial score (nSPS) is 15.8. The van der Waals surface area contributed by atoms with E-state index in [1.54, 1.807) is 0 Å². The molecule has 3 nitrogen and oxygen atoms in total. The van der Waals surface area contributed by atoms with E-state index in [1.165, 1.54) is 20.0 Å². The molecule has 1 aliphatic carbocycles. The van der Waals surface area contributed by atoms with Crippen LogP contribution in [0.25, 0.3) is 0 Å². The van der Waals surface area contributed by atoms with Gasteiger partial charge in [-0.05, 0) is 31.7 Å². The van der Waals surface area contributed by atoms with Crippen LogP contribution >= 0.6 is 0 Å². The monoisotopic (exact) mass is 179 g/mol. The summed E-state index contributed by atoms with van der Waals surface area (Å²) in [6.07, 6.45) is 2.37. The maximum Gasteiger partial charge on any atom is 0.339 e. The predicted octanol–water partition coefficient (Wildman–Crippen LogP) is 1.99. The second-order valence-electron chi connectivity index (χ2n) is 3.55. The lowest BCUT2D eigenvalue weighted by atomic mass is 10.2. The Morgan fingerprint density at radius 1 is 1.62 bits per heavy atom. The van der Waals surface area contributed by atoms with E-state index in [0.717, 1.165) is 11.4 Å². The van der Waals surface area contributed by atoms with E-state index in [-0.39, 0.29) is 5.97 Å². The largest absolute Gasteiger partial charge is 0.465 e. The van der Waals surface area contributed by atoms with Crippen molar-refractivity contribution >= 4 is 5.97 Å². The maximum absolute atomic E-state index is 11.3. The Labute approximate surface area is 77.1 Å². The molecule has 0 atom stereocenters. The Morgan fingerprint density at radius 2 is 2.31 bits per heavy atom. The number of aryl methyl sites for hydroxylation is 1. The van der Waals surface area contributed by atoms with Crippen LogP contribution < -0.4 is 0 Å². The fourth-order valence-corrected chi connectivity index (χ4v) is 1.58. The Balaban J connectivity index is 2.36. The van der Waals surface area contributed by atoms with E-state index in [9.17, 15) is 4.79 Å². The van der Waals surface area contributed by atoms with Crippen LogP contribution in [0.5, 0.6) is 0 Å². The van der Waals surface area contributed by atoms with Crippen LogP contribution in [0, 0.1) is 6.92 Å². The fourth-order valence-electron chi connectivity index (χ4n) is 1.58. The molecule has 3 heteroatoms. The standard InChI is InChI=1S/C10H13NO2/c1-6-5-8(10(12)13-2)9(11-6)7-3-4-7/h5,7,11H,3-4H2,1-2H3. The van der Waals surface area contributed by atoms with Gasteiger partial charge in [-0.2, -0.15) is 0 Å². The summed E-state index contributed by atoms with van der Waals surface area (Å²) in [5.74, 6) is 0.328. The highest BCUT2D eigenvalue weighted by Gasteiger charge is 2.30. The first kappa shape index (κ1) is 8.35. The molecule has 0 spiro atoms. The first-order valence-corrected chi connectivity index (χ1v) is 4.50. The molecule has 0 aliphatic heterocycles. The molecule has 2 rings (SSSR count). The zero-order chi connectivity index (χ0) is 9.42. The molecule has 1 saturated carbocycles. The first-order chi connectivity index (χ1) is 6.22. The van der Waals surface area contributed by atoms with Gasteiger partial charge in [-0.1, -0.05) is 0 Å². The summed E-state index contributed by atoms with van der Waals surface area (Å²) in [7, 11) is 1.42. The first-order valence-electron chi connectivity index (χ1n) is 4.50. The Morgan fingerprint density at radius 3 is 2.85 bits per heavy atom. The molecule has 0 aromatic carbocycles. The Kier molecular flexibility index (Phi) is 1.87. The highest BCUT2D eigenvalue weighted by atomic mass is 16.5. The number of H-pyrrole nitrogens is 1. The van der Waals surface area contributed by atoms with E-state index in [2.05, 4.69) is 4.98 Å². The molecule has 1 aliphatic rings. The number of esters is 1. The van der Waals surface area contributed by atoms with Gasteiger partial charge >= 0.3 is 5.97 Å². The molecule has 0 saturated heterocycles. The number of nitrogens with one attached hydrogen (secondary N) is 1. The van der Waals surface area contributed by atoms with Crippen LogP contribution in [0.15, 0.2) is 6.07 Å². The van der Waals surface area contributed by atoms with Crippen molar-refractivity contribution in [3.8, 4) is 0 Å². The highest BCUT2D eigenvalue weighted by Crippen LogP contribution is 2.41. The van der Waals surface area contributed by atoms with Crippen molar-refractivity contribution in [3.63, 3.8) is 0 Å².